The van der Waals surface area contributed by atoms with Gasteiger partial charge in [-0.2, -0.15) is 0 Å². The average Bonchev–Trinajstić information content (AvgIpc) is 2.76. The predicted molar refractivity (Wildman–Crippen MR) is 62.5 cm³/mol. The number of benzene rings is 1. The molecule has 1 heterocycles. The SMILES string of the molecule is O=C(Nc1ccc(F)c(Cl)c1)NC1CCCO1. The molecule has 1 aromatic carbocycles. The number of nitrogens with one attached hydrogen (secondary N) is 2. The van der Waals surface area contributed by atoms with Gasteiger partial charge in [-0.1, -0.05) is 11.6 Å². The molecule has 1 unspecified atom stereocenters. The van der Waals surface area contributed by atoms with Gasteiger partial charge in [0, 0.05) is 12.3 Å². The number of halogens is 2. The molecular weight excluding hydrogens is 247 g/mol. The maximum absolute atomic E-state index is 12.9. The minimum absolute atomic E-state index is 0.0279. The van der Waals surface area contributed by atoms with Crippen LogP contribution in [-0.4, -0.2) is 18.9 Å². The highest BCUT2D eigenvalue weighted by Crippen LogP contribution is 2.19. The number of amides is 2. The predicted octanol–water partition coefficient (Wildman–Crippen LogP) is 2.74. The van der Waals surface area contributed by atoms with Gasteiger partial charge in [0.25, 0.3) is 0 Å². The van der Waals surface area contributed by atoms with Crippen molar-refractivity contribution in [3.8, 4) is 0 Å². The third kappa shape index (κ3) is 3.31. The zero-order chi connectivity index (χ0) is 12.3. The molecule has 0 saturated carbocycles. The first-order valence-electron chi connectivity index (χ1n) is 5.29. The molecule has 1 atom stereocenters. The van der Waals surface area contributed by atoms with E-state index in [0.717, 1.165) is 12.8 Å². The monoisotopic (exact) mass is 258 g/mol. The number of hydrogen-bond donors (Lipinski definition) is 2. The van der Waals surface area contributed by atoms with E-state index in [4.69, 9.17) is 16.3 Å². The summed E-state index contributed by atoms with van der Waals surface area (Å²) < 4.78 is 18.1. The van der Waals surface area contributed by atoms with E-state index >= 15 is 0 Å². The zero-order valence-corrected chi connectivity index (χ0v) is 9.76. The summed E-state index contributed by atoms with van der Waals surface area (Å²) in [5.74, 6) is -0.517. The number of carbonyl (C=O) groups excluding carboxylic acids is 1. The van der Waals surface area contributed by atoms with E-state index in [1.54, 1.807) is 0 Å². The molecule has 92 valence electrons. The number of carbonyl (C=O) groups is 1. The second-order valence-corrected chi connectivity index (χ2v) is 4.14. The number of anilines is 1. The van der Waals surface area contributed by atoms with Crippen LogP contribution in [0.5, 0.6) is 0 Å². The van der Waals surface area contributed by atoms with Crippen LogP contribution >= 0.6 is 11.6 Å². The molecule has 2 rings (SSSR count). The molecular formula is C11H12ClFN2O2. The van der Waals surface area contributed by atoms with E-state index < -0.39 is 5.82 Å². The van der Waals surface area contributed by atoms with Crippen LogP contribution < -0.4 is 10.6 Å². The molecule has 0 radical (unpaired) electrons. The lowest BCUT2D eigenvalue weighted by atomic mass is 10.3. The van der Waals surface area contributed by atoms with Crippen LogP contribution in [0.15, 0.2) is 18.2 Å². The number of ether oxygens (including phenoxy) is 1. The van der Waals surface area contributed by atoms with Crippen molar-refractivity contribution < 1.29 is 13.9 Å². The lowest BCUT2D eigenvalue weighted by Crippen LogP contribution is -2.37. The molecule has 0 bridgehead atoms. The van der Waals surface area contributed by atoms with Crippen LogP contribution in [0.4, 0.5) is 14.9 Å². The van der Waals surface area contributed by atoms with Crippen LogP contribution in [0.25, 0.3) is 0 Å². The molecule has 17 heavy (non-hydrogen) atoms. The van der Waals surface area contributed by atoms with Crippen LogP contribution in [0.1, 0.15) is 12.8 Å². The maximum atomic E-state index is 12.9. The lowest BCUT2D eigenvalue weighted by Gasteiger charge is -2.12. The Hall–Kier alpha value is -1.33. The Kier molecular flexibility index (Phi) is 3.81. The average molecular weight is 259 g/mol. The highest BCUT2D eigenvalue weighted by molar-refractivity contribution is 6.31. The van der Waals surface area contributed by atoms with Gasteiger partial charge in [0.05, 0.1) is 5.02 Å². The smallest absolute Gasteiger partial charge is 0.321 e. The summed E-state index contributed by atoms with van der Waals surface area (Å²) in [5, 5.41) is 5.18. The minimum Gasteiger partial charge on any atom is -0.358 e. The Morgan fingerprint density at radius 1 is 1.53 bits per heavy atom. The summed E-state index contributed by atoms with van der Waals surface area (Å²) in [4.78, 5) is 11.5. The van der Waals surface area contributed by atoms with Gasteiger partial charge in [-0.05, 0) is 31.0 Å². The molecule has 0 spiro atoms. The van der Waals surface area contributed by atoms with Gasteiger partial charge in [0.1, 0.15) is 12.0 Å². The second-order valence-electron chi connectivity index (χ2n) is 3.73. The zero-order valence-electron chi connectivity index (χ0n) is 9.00. The van der Waals surface area contributed by atoms with Crippen molar-refractivity contribution in [2.24, 2.45) is 0 Å². The highest BCUT2D eigenvalue weighted by atomic mass is 35.5. The van der Waals surface area contributed by atoms with Crippen LogP contribution in [0.2, 0.25) is 5.02 Å². The standard InChI is InChI=1S/C11H12ClFN2O2/c12-8-6-7(3-4-9(8)13)14-11(16)15-10-2-1-5-17-10/h3-4,6,10H,1-2,5H2,(H2,14,15,16). The molecule has 1 aromatic rings. The van der Waals surface area contributed by atoms with Gasteiger partial charge >= 0.3 is 6.03 Å². The van der Waals surface area contributed by atoms with Gasteiger partial charge < -0.3 is 15.4 Å². The first kappa shape index (κ1) is 12.1. The molecule has 2 amide bonds. The minimum atomic E-state index is -0.517. The molecule has 1 aliphatic rings. The van der Waals surface area contributed by atoms with Crippen molar-refractivity contribution in [2.75, 3.05) is 11.9 Å². The quantitative estimate of drug-likeness (QED) is 0.857. The van der Waals surface area contributed by atoms with E-state index in [1.165, 1.54) is 18.2 Å². The van der Waals surface area contributed by atoms with Gasteiger partial charge in [-0.15, -0.1) is 0 Å². The molecule has 6 heteroatoms. The van der Waals surface area contributed by atoms with Crippen molar-refractivity contribution in [3.05, 3.63) is 29.0 Å². The molecule has 0 aromatic heterocycles. The first-order valence-corrected chi connectivity index (χ1v) is 5.67. The van der Waals surface area contributed by atoms with E-state index in [-0.39, 0.29) is 17.3 Å². The fourth-order valence-corrected chi connectivity index (χ4v) is 1.76. The van der Waals surface area contributed by atoms with E-state index in [2.05, 4.69) is 10.6 Å². The van der Waals surface area contributed by atoms with Crippen molar-refractivity contribution in [2.45, 2.75) is 19.1 Å². The molecule has 0 aliphatic carbocycles. The maximum Gasteiger partial charge on any atom is 0.321 e. The second kappa shape index (κ2) is 5.33. The van der Waals surface area contributed by atoms with E-state index in [1.807, 2.05) is 0 Å². The van der Waals surface area contributed by atoms with Crippen molar-refractivity contribution in [1.29, 1.82) is 0 Å². The summed E-state index contributed by atoms with van der Waals surface area (Å²) in [5.41, 5.74) is 0.437. The first-order chi connectivity index (χ1) is 8.15. The Bertz CT molecular complexity index is 422. The molecule has 2 N–H and O–H groups in total. The largest absolute Gasteiger partial charge is 0.358 e. The number of rotatable bonds is 2. The van der Waals surface area contributed by atoms with Gasteiger partial charge in [0.15, 0.2) is 0 Å². The van der Waals surface area contributed by atoms with Crippen molar-refractivity contribution >= 4 is 23.3 Å². The third-order valence-corrected chi connectivity index (χ3v) is 2.69. The Morgan fingerprint density at radius 2 is 2.35 bits per heavy atom. The lowest BCUT2D eigenvalue weighted by molar-refractivity contribution is 0.0928. The van der Waals surface area contributed by atoms with Gasteiger partial charge in [0.2, 0.25) is 0 Å². The summed E-state index contributed by atoms with van der Waals surface area (Å²) in [6.07, 6.45) is 1.50. The summed E-state index contributed by atoms with van der Waals surface area (Å²) in [6.45, 7) is 0.660. The summed E-state index contributed by atoms with van der Waals surface area (Å²) in [6, 6.07) is 3.60. The van der Waals surface area contributed by atoms with Crippen LogP contribution in [-0.2, 0) is 4.74 Å². The normalized spacial score (nSPS) is 19.1. The Morgan fingerprint density at radius 3 is 3.00 bits per heavy atom. The Labute approximate surface area is 103 Å². The molecule has 1 aliphatic heterocycles. The number of urea groups is 1. The van der Waals surface area contributed by atoms with E-state index in [9.17, 15) is 9.18 Å². The van der Waals surface area contributed by atoms with Crippen LogP contribution in [0.3, 0.4) is 0 Å². The van der Waals surface area contributed by atoms with E-state index in [0.29, 0.717) is 12.3 Å². The van der Waals surface area contributed by atoms with Crippen molar-refractivity contribution in [3.63, 3.8) is 0 Å². The summed E-state index contributed by atoms with van der Waals surface area (Å²) in [7, 11) is 0. The Balaban J connectivity index is 1.90. The molecule has 1 fully saturated rings. The van der Waals surface area contributed by atoms with Gasteiger partial charge in [-0.25, -0.2) is 9.18 Å². The summed E-state index contributed by atoms with van der Waals surface area (Å²) >= 11 is 5.60. The van der Waals surface area contributed by atoms with Gasteiger partial charge in [-0.3, -0.25) is 0 Å². The van der Waals surface area contributed by atoms with Crippen molar-refractivity contribution in [1.82, 2.24) is 5.32 Å². The third-order valence-electron chi connectivity index (χ3n) is 2.40. The van der Waals surface area contributed by atoms with Crippen LogP contribution in [0, 0.1) is 5.82 Å². The fourth-order valence-electron chi connectivity index (χ4n) is 1.58. The number of hydrogen-bond acceptors (Lipinski definition) is 2. The molecule has 1 saturated heterocycles. The molecule has 4 nitrogen and oxygen atoms in total. The fraction of sp³-hybridized carbons (Fsp3) is 0.364. The highest BCUT2D eigenvalue weighted by Gasteiger charge is 2.17. The topological polar surface area (TPSA) is 50.4 Å².